The molecule has 1 heterocycles. The third-order valence-corrected chi connectivity index (χ3v) is 4.28. The Morgan fingerprint density at radius 3 is 2.76 bits per heavy atom. The molecule has 4 nitrogen and oxygen atoms in total. The molecular weight excluding hydrogens is 288 g/mol. The van der Waals surface area contributed by atoms with Gasteiger partial charge in [-0.15, -0.1) is 0 Å². The van der Waals surface area contributed by atoms with Crippen LogP contribution in [0.5, 0.6) is 0 Å². The van der Waals surface area contributed by atoms with Gasteiger partial charge in [-0.1, -0.05) is 23.7 Å². The van der Waals surface area contributed by atoms with Crippen LogP contribution in [0, 0.1) is 0 Å². The van der Waals surface area contributed by atoms with E-state index >= 15 is 0 Å². The largest absolute Gasteiger partial charge is 0.381 e. The number of benzene rings is 1. The van der Waals surface area contributed by atoms with E-state index in [1.165, 1.54) is 0 Å². The highest BCUT2D eigenvalue weighted by Gasteiger charge is 2.41. The SMILES string of the molecule is CNCCCNC(=O)C1(c2cccc(Cl)c2)CCOCC1. The summed E-state index contributed by atoms with van der Waals surface area (Å²) in [4.78, 5) is 12.8. The first-order valence-electron chi connectivity index (χ1n) is 7.46. The summed E-state index contributed by atoms with van der Waals surface area (Å²) in [5.41, 5.74) is 0.479. The Balaban J connectivity index is 2.15. The van der Waals surface area contributed by atoms with E-state index < -0.39 is 5.41 Å². The molecule has 0 atom stereocenters. The van der Waals surface area contributed by atoms with Crippen molar-refractivity contribution in [2.45, 2.75) is 24.7 Å². The van der Waals surface area contributed by atoms with E-state index in [1.807, 2.05) is 31.3 Å². The van der Waals surface area contributed by atoms with Crippen LogP contribution >= 0.6 is 11.6 Å². The molecule has 0 bridgehead atoms. The van der Waals surface area contributed by atoms with Crippen molar-refractivity contribution in [1.29, 1.82) is 0 Å². The molecule has 1 aliphatic rings. The second-order valence-electron chi connectivity index (χ2n) is 5.42. The normalized spacial score (nSPS) is 17.4. The molecule has 116 valence electrons. The van der Waals surface area contributed by atoms with E-state index in [0.717, 1.165) is 18.5 Å². The lowest BCUT2D eigenvalue weighted by Gasteiger charge is -2.36. The molecule has 1 amide bonds. The number of hydrogen-bond acceptors (Lipinski definition) is 3. The van der Waals surface area contributed by atoms with Crippen molar-refractivity contribution in [1.82, 2.24) is 10.6 Å². The zero-order valence-corrected chi connectivity index (χ0v) is 13.2. The van der Waals surface area contributed by atoms with Crippen LogP contribution < -0.4 is 10.6 Å². The highest BCUT2D eigenvalue weighted by atomic mass is 35.5. The summed E-state index contributed by atoms with van der Waals surface area (Å²) in [6, 6.07) is 7.64. The Bertz CT molecular complexity index is 473. The van der Waals surface area contributed by atoms with Gasteiger partial charge in [-0.3, -0.25) is 4.79 Å². The number of rotatable bonds is 6. The van der Waals surface area contributed by atoms with Crippen LogP contribution in [0.2, 0.25) is 5.02 Å². The Labute approximate surface area is 131 Å². The lowest BCUT2D eigenvalue weighted by molar-refractivity contribution is -0.130. The maximum atomic E-state index is 12.8. The van der Waals surface area contributed by atoms with E-state index in [2.05, 4.69) is 10.6 Å². The van der Waals surface area contributed by atoms with Crippen LogP contribution in [0.4, 0.5) is 0 Å². The molecule has 2 N–H and O–H groups in total. The molecule has 0 aromatic heterocycles. The molecule has 1 aromatic rings. The van der Waals surface area contributed by atoms with Crippen LogP contribution in [-0.2, 0) is 14.9 Å². The number of carbonyl (C=O) groups excluding carboxylic acids is 1. The van der Waals surface area contributed by atoms with E-state index in [4.69, 9.17) is 16.3 Å². The third-order valence-electron chi connectivity index (χ3n) is 4.05. The average molecular weight is 311 g/mol. The van der Waals surface area contributed by atoms with E-state index in [-0.39, 0.29) is 5.91 Å². The van der Waals surface area contributed by atoms with E-state index in [1.54, 1.807) is 0 Å². The molecule has 0 radical (unpaired) electrons. The second kappa shape index (κ2) is 7.78. The monoisotopic (exact) mass is 310 g/mol. The first-order chi connectivity index (χ1) is 10.2. The zero-order chi connectivity index (χ0) is 15.1. The summed E-state index contributed by atoms with van der Waals surface area (Å²) in [6.45, 7) is 2.79. The first-order valence-corrected chi connectivity index (χ1v) is 7.83. The summed E-state index contributed by atoms with van der Waals surface area (Å²) in [7, 11) is 1.91. The first kappa shape index (κ1) is 16.3. The molecule has 0 unspecified atom stereocenters. The molecule has 1 saturated heterocycles. The maximum absolute atomic E-state index is 12.8. The number of hydrogen-bond donors (Lipinski definition) is 2. The summed E-state index contributed by atoms with van der Waals surface area (Å²) in [5, 5.41) is 6.82. The van der Waals surface area contributed by atoms with Crippen molar-refractivity contribution >= 4 is 17.5 Å². The van der Waals surface area contributed by atoms with Crippen LogP contribution in [-0.4, -0.2) is 39.3 Å². The van der Waals surface area contributed by atoms with Gasteiger partial charge in [0.2, 0.25) is 5.91 Å². The van der Waals surface area contributed by atoms with Crippen molar-refractivity contribution in [2.75, 3.05) is 33.4 Å². The van der Waals surface area contributed by atoms with Crippen molar-refractivity contribution in [3.05, 3.63) is 34.9 Å². The highest BCUT2D eigenvalue weighted by Crippen LogP contribution is 2.36. The minimum absolute atomic E-state index is 0.0872. The quantitative estimate of drug-likeness (QED) is 0.791. The van der Waals surface area contributed by atoms with Crippen LogP contribution in [0.15, 0.2) is 24.3 Å². The van der Waals surface area contributed by atoms with Crippen molar-refractivity contribution in [3.8, 4) is 0 Å². The Morgan fingerprint density at radius 1 is 1.33 bits per heavy atom. The van der Waals surface area contributed by atoms with E-state index in [0.29, 0.717) is 37.6 Å². The second-order valence-corrected chi connectivity index (χ2v) is 5.85. The molecule has 1 aromatic carbocycles. The summed E-state index contributed by atoms with van der Waals surface area (Å²) in [5.74, 6) is 0.0872. The Hall–Kier alpha value is -1.10. The molecule has 0 aliphatic carbocycles. The van der Waals surface area contributed by atoms with E-state index in [9.17, 15) is 4.79 Å². The van der Waals surface area contributed by atoms with Gasteiger partial charge in [0.15, 0.2) is 0 Å². The number of halogens is 1. The lowest BCUT2D eigenvalue weighted by atomic mass is 9.73. The molecule has 1 fully saturated rings. The van der Waals surface area contributed by atoms with Gasteiger partial charge in [0.05, 0.1) is 5.41 Å². The fourth-order valence-corrected chi connectivity index (χ4v) is 2.98. The van der Waals surface area contributed by atoms with Gasteiger partial charge in [0.1, 0.15) is 0 Å². The zero-order valence-electron chi connectivity index (χ0n) is 12.5. The Morgan fingerprint density at radius 2 is 2.10 bits per heavy atom. The molecule has 0 saturated carbocycles. The van der Waals surface area contributed by atoms with Gasteiger partial charge in [-0.2, -0.15) is 0 Å². The summed E-state index contributed by atoms with van der Waals surface area (Å²) >= 11 is 6.11. The van der Waals surface area contributed by atoms with Gasteiger partial charge < -0.3 is 15.4 Å². The number of nitrogens with one attached hydrogen (secondary N) is 2. The van der Waals surface area contributed by atoms with Crippen molar-refractivity contribution < 1.29 is 9.53 Å². The highest BCUT2D eigenvalue weighted by molar-refractivity contribution is 6.30. The molecule has 0 spiro atoms. The van der Waals surface area contributed by atoms with Crippen molar-refractivity contribution in [3.63, 3.8) is 0 Å². The van der Waals surface area contributed by atoms with Crippen LogP contribution in [0.1, 0.15) is 24.8 Å². The van der Waals surface area contributed by atoms with Gasteiger partial charge >= 0.3 is 0 Å². The predicted octanol–water partition coefficient (Wildman–Crippen LogP) is 2.11. The molecular formula is C16H23ClN2O2. The predicted molar refractivity (Wildman–Crippen MR) is 84.7 cm³/mol. The fraction of sp³-hybridized carbons (Fsp3) is 0.562. The minimum Gasteiger partial charge on any atom is -0.381 e. The average Bonchev–Trinajstić information content (AvgIpc) is 2.52. The van der Waals surface area contributed by atoms with Gasteiger partial charge in [-0.05, 0) is 50.6 Å². The van der Waals surface area contributed by atoms with Crippen LogP contribution in [0.25, 0.3) is 0 Å². The smallest absolute Gasteiger partial charge is 0.230 e. The van der Waals surface area contributed by atoms with Gasteiger partial charge in [0.25, 0.3) is 0 Å². The summed E-state index contributed by atoms with van der Waals surface area (Å²) in [6.07, 6.45) is 2.32. The van der Waals surface area contributed by atoms with Gasteiger partial charge in [0, 0.05) is 24.8 Å². The number of carbonyl (C=O) groups is 1. The summed E-state index contributed by atoms with van der Waals surface area (Å²) < 4.78 is 5.45. The number of ether oxygens (including phenoxy) is 1. The minimum atomic E-state index is -0.511. The maximum Gasteiger partial charge on any atom is 0.230 e. The molecule has 21 heavy (non-hydrogen) atoms. The fourth-order valence-electron chi connectivity index (χ4n) is 2.79. The third kappa shape index (κ3) is 3.96. The standard InChI is InChI=1S/C16H23ClN2O2/c1-18-8-3-9-19-15(20)16(6-10-21-11-7-16)13-4-2-5-14(17)12-13/h2,4-5,12,18H,3,6-11H2,1H3,(H,19,20). The van der Waals surface area contributed by atoms with Crippen molar-refractivity contribution in [2.24, 2.45) is 0 Å². The van der Waals surface area contributed by atoms with Crippen LogP contribution in [0.3, 0.4) is 0 Å². The molecule has 2 rings (SSSR count). The molecule has 1 aliphatic heterocycles. The Kier molecular flexibility index (Phi) is 6.03. The van der Waals surface area contributed by atoms with Gasteiger partial charge in [-0.25, -0.2) is 0 Å². The topological polar surface area (TPSA) is 50.4 Å². The number of amides is 1. The molecule has 5 heteroatoms. The lowest BCUT2D eigenvalue weighted by Crippen LogP contribution is -2.48.